The molecule has 0 unspecified atom stereocenters. The number of hydrogen-bond donors (Lipinski definition) is 2. The van der Waals surface area contributed by atoms with Gasteiger partial charge < -0.3 is 10.6 Å². The minimum absolute atomic E-state index is 0.235. The molecule has 0 aromatic carbocycles. The number of nitrogens with one attached hydrogen (secondary N) is 2. The first-order valence-corrected chi connectivity index (χ1v) is 5.91. The second-order valence-electron chi connectivity index (χ2n) is 3.35. The van der Waals surface area contributed by atoms with Crippen LogP contribution in [0.5, 0.6) is 0 Å². The van der Waals surface area contributed by atoms with E-state index in [2.05, 4.69) is 41.5 Å². The van der Waals surface area contributed by atoms with Crippen molar-refractivity contribution in [2.75, 3.05) is 17.7 Å². The van der Waals surface area contributed by atoms with Crippen LogP contribution < -0.4 is 10.6 Å². The molecule has 1 amide bonds. The number of carbonyl (C=O) groups excluding carboxylic acids is 1. The molecule has 2 N–H and O–H groups in total. The molecule has 0 aliphatic rings. The molecular weight excluding hydrogens is 298 g/mol. The molecule has 0 fully saturated rings. The number of rotatable bonds is 3. The standard InChI is InChI=1S/C11H10BrN5O/c1-13-10-6-14-8(5-16-10)11(18)17-9-3-2-7(12)4-15-9/h2-6H,1H3,(H,13,16)(H,15,17,18). The quantitative estimate of drug-likeness (QED) is 0.905. The van der Waals surface area contributed by atoms with Crippen LogP contribution in [0.2, 0.25) is 0 Å². The van der Waals surface area contributed by atoms with Crippen molar-refractivity contribution in [2.24, 2.45) is 0 Å². The van der Waals surface area contributed by atoms with E-state index in [4.69, 9.17) is 0 Å². The minimum atomic E-state index is -0.347. The molecule has 92 valence electrons. The van der Waals surface area contributed by atoms with Crippen LogP contribution in [0, 0.1) is 0 Å². The van der Waals surface area contributed by atoms with Crippen molar-refractivity contribution in [1.29, 1.82) is 0 Å². The lowest BCUT2D eigenvalue weighted by Crippen LogP contribution is -2.15. The third kappa shape index (κ3) is 3.01. The number of anilines is 2. The van der Waals surface area contributed by atoms with Crippen LogP contribution in [0.25, 0.3) is 0 Å². The number of aromatic nitrogens is 3. The van der Waals surface area contributed by atoms with Crippen molar-refractivity contribution in [2.45, 2.75) is 0 Å². The molecule has 18 heavy (non-hydrogen) atoms. The van der Waals surface area contributed by atoms with E-state index in [1.165, 1.54) is 12.4 Å². The Hall–Kier alpha value is -2.02. The first-order chi connectivity index (χ1) is 8.69. The van der Waals surface area contributed by atoms with Crippen LogP contribution in [0.15, 0.2) is 35.2 Å². The normalized spacial score (nSPS) is 9.89. The van der Waals surface area contributed by atoms with E-state index in [9.17, 15) is 4.79 Å². The Balaban J connectivity index is 2.09. The molecule has 0 saturated heterocycles. The molecule has 0 radical (unpaired) electrons. The van der Waals surface area contributed by atoms with Crippen molar-refractivity contribution in [3.8, 4) is 0 Å². The summed E-state index contributed by atoms with van der Waals surface area (Å²) >= 11 is 3.27. The SMILES string of the molecule is CNc1cnc(C(=O)Nc2ccc(Br)cn2)cn1. The van der Waals surface area contributed by atoms with Crippen molar-refractivity contribution in [1.82, 2.24) is 15.0 Å². The maximum absolute atomic E-state index is 11.8. The van der Waals surface area contributed by atoms with E-state index in [0.29, 0.717) is 11.6 Å². The van der Waals surface area contributed by atoms with Crippen LogP contribution in [0.3, 0.4) is 0 Å². The summed E-state index contributed by atoms with van der Waals surface area (Å²) in [5, 5.41) is 5.46. The van der Waals surface area contributed by atoms with E-state index >= 15 is 0 Å². The van der Waals surface area contributed by atoms with Gasteiger partial charge in [-0.05, 0) is 28.1 Å². The van der Waals surface area contributed by atoms with Gasteiger partial charge in [-0.15, -0.1) is 0 Å². The Morgan fingerprint density at radius 3 is 2.44 bits per heavy atom. The Labute approximate surface area is 112 Å². The summed E-state index contributed by atoms with van der Waals surface area (Å²) < 4.78 is 0.846. The van der Waals surface area contributed by atoms with E-state index in [-0.39, 0.29) is 11.6 Å². The van der Waals surface area contributed by atoms with E-state index < -0.39 is 0 Å². The molecule has 0 atom stereocenters. The highest BCUT2D eigenvalue weighted by Gasteiger charge is 2.08. The van der Waals surface area contributed by atoms with E-state index in [1.54, 1.807) is 25.4 Å². The predicted molar refractivity (Wildman–Crippen MR) is 71.5 cm³/mol. The van der Waals surface area contributed by atoms with Gasteiger partial charge in [0.2, 0.25) is 0 Å². The summed E-state index contributed by atoms with van der Waals surface area (Å²) in [6, 6.07) is 3.48. The second-order valence-corrected chi connectivity index (χ2v) is 4.27. The average Bonchev–Trinajstić information content (AvgIpc) is 2.41. The maximum atomic E-state index is 11.8. The Morgan fingerprint density at radius 1 is 1.11 bits per heavy atom. The van der Waals surface area contributed by atoms with Gasteiger partial charge in [-0.3, -0.25) is 4.79 Å². The van der Waals surface area contributed by atoms with Gasteiger partial charge in [0, 0.05) is 17.7 Å². The molecule has 0 aliphatic carbocycles. The van der Waals surface area contributed by atoms with Crippen molar-refractivity contribution < 1.29 is 4.79 Å². The Bertz CT molecular complexity index is 540. The highest BCUT2D eigenvalue weighted by molar-refractivity contribution is 9.10. The number of pyridine rings is 1. The number of carbonyl (C=O) groups is 1. The van der Waals surface area contributed by atoms with Crippen molar-refractivity contribution >= 4 is 33.5 Å². The first kappa shape index (κ1) is 12.4. The van der Waals surface area contributed by atoms with Crippen molar-refractivity contribution in [3.05, 3.63) is 40.9 Å². The van der Waals surface area contributed by atoms with Gasteiger partial charge >= 0.3 is 0 Å². The Morgan fingerprint density at radius 2 is 1.89 bits per heavy atom. The van der Waals surface area contributed by atoms with Crippen LogP contribution in [-0.2, 0) is 0 Å². The number of halogens is 1. The number of nitrogens with zero attached hydrogens (tertiary/aromatic N) is 3. The summed E-state index contributed by atoms with van der Waals surface area (Å²) in [6.45, 7) is 0. The molecule has 0 aliphatic heterocycles. The third-order valence-corrected chi connectivity index (χ3v) is 2.58. The largest absolute Gasteiger partial charge is 0.372 e. The topological polar surface area (TPSA) is 79.8 Å². The molecule has 2 rings (SSSR count). The zero-order valence-electron chi connectivity index (χ0n) is 9.51. The fourth-order valence-corrected chi connectivity index (χ4v) is 1.44. The van der Waals surface area contributed by atoms with Crippen LogP contribution in [0.1, 0.15) is 10.5 Å². The zero-order chi connectivity index (χ0) is 13.0. The smallest absolute Gasteiger partial charge is 0.277 e. The Kier molecular flexibility index (Phi) is 3.83. The minimum Gasteiger partial charge on any atom is -0.372 e. The fraction of sp³-hybridized carbons (Fsp3) is 0.0909. The average molecular weight is 308 g/mol. The van der Waals surface area contributed by atoms with Gasteiger partial charge in [-0.1, -0.05) is 0 Å². The summed E-state index contributed by atoms with van der Waals surface area (Å²) in [5.41, 5.74) is 0.235. The van der Waals surface area contributed by atoms with Crippen LogP contribution in [0.4, 0.5) is 11.6 Å². The lowest BCUT2D eigenvalue weighted by atomic mass is 10.4. The van der Waals surface area contributed by atoms with Gasteiger partial charge in [-0.25, -0.2) is 15.0 Å². The lowest BCUT2D eigenvalue weighted by Gasteiger charge is -2.04. The van der Waals surface area contributed by atoms with Gasteiger partial charge in [0.15, 0.2) is 0 Å². The predicted octanol–water partition coefficient (Wildman–Crippen LogP) is 1.93. The van der Waals surface area contributed by atoms with Crippen molar-refractivity contribution in [3.63, 3.8) is 0 Å². The highest BCUT2D eigenvalue weighted by atomic mass is 79.9. The molecular formula is C11H10BrN5O. The van der Waals surface area contributed by atoms with Crippen LogP contribution in [-0.4, -0.2) is 27.9 Å². The summed E-state index contributed by atoms with van der Waals surface area (Å²) in [7, 11) is 1.73. The zero-order valence-corrected chi connectivity index (χ0v) is 11.1. The fourth-order valence-electron chi connectivity index (χ4n) is 1.20. The molecule has 2 heterocycles. The first-order valence-electron chi connectivity index (χ1n) is 5.12. The molecule has 2 aromatic heterocycles. The number of amides is 1. The second kappa shape index (κ2) is 5.54. The maximum Gasteiger partial charge on any atom is 0.277 e. The monoisotopic (exact) mass is 307 g/mol. The summed E-state index contributed by atoms with van der Waals surface area (Å²) in [5.74, 6) is 0.719. The van der Waals surface area contributed by atoms with Gasteiger partial charge in [0.05, 0.1) is 12.4 Å². The summed E-state index contributed by atoms with van der Waals surface area (Å²) in [4.78, 5) is 23.9. The number of hydrogen-bond acceptors (Lipinski definition) is 5. The molecule has 6 nitrogen and oxygen atoms in total. The molecule has 0 bridgehead atoms. The third-order valence-electron chi connectivity index (χ3n) is 2.11. The van der Waals surface area contributed by atoms with Crippen LogP contribution >= 0.6 is 15.9 Å². The van der Waals surface area contributed by atoms with E-state index in [1.807, 2.05) is 0 Å². The van der Waals surface area contributed by atoms with Gasteiger partial charge in [0.25, 0.3) is 5.91 Å². The lowest BCUT2D eigenvalue weighted by molar-refractivity contribution is 0.102. The molecule has 2 aromatic rings. The molecule has 0 saturated carbocycles. The van der Waals surface area contributed by atoms with E-state index in [0.717, 1.165) is 4.47 Å². The van der Waals surface area contributed by atoms with Gasteiger partial charge in [-0.2, -0.15) is 0 Å². The van der Waals surface area contributed by atoms with Gasteiger partial charge in [0.1, 0.15) is 17.3 Å². The highest BCUT2D eigenvalue weighted by Crippen LogP contribution is 2.11. The molecule has 0 spiro atoms. The molecule has 7 heteroatoms. The summed E-state index contributed by atoms with van der Waals surface area (Å²) in [6.07, 6.45) is 4.50.